The van der Waals surface area contributed by atoms with Crippen LogP contribution in [0.2, 0.25) is 0 Å². The van der Waals surface area contributed by atoms with E-state index in [-0.39, 0.29) is 29.1 Å². The van der Waals surface area contributed by atoms with Gasteiger partial charge in [-0.3, -0.25) is 4.79 Å². The van der Waals surface area contributed by atoms with Crippen LogP contribution in [-0.4, -0.2) is 34.4 Å². The molecule has 0 aliphatic heterocycles. The number of carbonyl (C=O) groups excluding carboxylic acids is 2. The van der Waals surface area contributed by atoms with Gasteiger partial charge in [0.25, 0.3) is 5.22 Å². The van der Waals surface area contributed by atoms with Gasteiger partial charge >= 0.3 is 5.97 Å². The van der Waals surface area contributed by atoms with Crippen molar-refractivity contribution < 1.29 is 23.2 Å². The number of hydrogen-bond donors (Lipinski definition) is 1. The highest BCUT2D eigenvalue weighted by Gasteiger charge is 2.24. The van der Waals surface area contributed by atoms with Gasteiger partial charge in [0.05, 0.1) is 18.6 Å². The van der Waals surface area contributed by atoms with Crippen LogP contribution < -0.4 is 5.32 Å². The summed E-state index contributed by atoms with van der Waals surface area (Å²) in [5.41, 5.74) is 2.74. The number of carbonyl (C=O) groups is 2. The highest BCUT2D eigenvalue weighted by molar-refractivity contribution is 7.99. The number of thioether (sulfide) groups is 1. The van der Waals surface area contributed by atoms with Crippen molar-refractivity contribution in [1.29, 1.82) is 0 Å². The number of aromatic nitrogens is 2. The summed E-state index contributed by atoms with van der Waals surface area (Å²) in [6.45, 7) is 3.92. The molecule has 0 saturated heterocycles. The number of furan rings is 1. The lowest BCUT2D eigenvalue weighted by molar-refractivity contribution is -0.113. The molecule has 1 N–H and O–H groups in total. The smallest absolute Gasteiger partial charge is 0.341 e. The van der Waals surface area contributed by atoms with E-state index in [0.717, 1.165) is 22.9 Å². The molecule has 0 aliphatic carbocycles. The quantitative estimate of drug-likeness (QED) is 0.275. The average Bonchev–Trinajstić information content (AvgIpc) is 3.53. The predicted molar refractivity (Wildman–Crippen MR) is 122 cm³/mol. The third-order valence-electron chi connectivity index (χ3n) is 4.31. The van der Waals surface area contributed by atoms with Crippen LogP contribution in [0.1, 0.15) is 22.8 Å². The lowest BCUT2D eigenvalue weighted by Gasteiger charge is -2.07. The lowest BCUT2D eigenvalue weighted by atomic mass is 10.1. The van der Waals surface area contributed by atoms with Crippen LogP contribution in [0.4, 0.5) is 5.00 Å². The lowest BCUT2D eigenvalue weighted by Crippen LogP contribution is -2.16. The first-order valence-corrected chi connectivity index (χ1v) is 11.6. The van der Waals surface area contributed by atoms with Crippen molar-refractivity contribution in [3.05, 3.63) is 59.2 Å². The maximum absolute atomic E-state index is 12.5. The van der Waals surface area contributed by atoms with Gasteiger partial charge in [-0.15, -0.1) is 21.5 Å². The molecular formula is C22H19N3O5S2. The molecule has 4 rings (SSSR count). The van der Waals surface area contributed by atoms with Crippen LogP contribution in [0.15, 0.2) is 62.1 Å². The van der Waals surface area contributed by atoms with Crippen molar-refractivity contribution in [3.8, 4) is 22.8 Å². The first kappa shape index (κ1) is 21.8. The van der Waals surface area contributed by atoms with Gasteiger partial charge in [0.1, 0.15) is 16.3 Å². The number of amides is 1. The SMILES string of the molecule is CCOC(=O)c1c(-c2ccco2)csc1NC(=O)CSc1nnc(-c2cccc(C)c2)o1. The number of hydrogen-bond acceptors (Lipinski definition) is 9. The number of ether oxygens (including phenoxy) is 1. The van der Waals surface area contributed by atoms with E-state index in [1.54, 1.807) is 24.4 Å². The van der Waals surface area contributed by atoms with Crippen LogP contribution in [0.25, 0.3) is 22.8 Å². The van der Waals surface area contributed by atoms with Crippen molar-refractivity contribution in [1.82, 2.24) is 10.2 Å². The number of thiophene rings is 1. The molecule has 0 bridgehead atoms. The van der Waals surface area contributed by atoms with Gasteiger partial charge in [0, 0.05) is 16.5 Å². The first-order valence-electron chi connectivity index (χ1n) is 9.71. The van der Waals surface area contributed by atoms with E-state index in [4.69, 9.17) is 13.6 Å². The summed E-state index contributed by atoms with van der Waals surface area (Å²) in [5.74, 6) is 0.105. The third kappa shape index (κ3) is 4.92. The highest BCUT2D eigenvalue weighted by atomic mass is 32.2. The van der Waals surface area contributed by atoms with Crippen molar-refractivity contribution in [3.63, 3.8) is 0 Å². The highest BCUT2D eigenvalue weighted by Crippen LogP contribution is 2.36. The number of anilines is 1. The molecule has 0 aliphatic rings. The second kappa shape index (κ2) is 9.84. The molecule has 0 fully saturated rings. The van der Waals surface area contributed by atoms with Crippen LogP contribution in [0, 0.1) is 6.92 Å². The molecule has 4 aromatic rings. The Morgan fingerprint density at radius 1 is 1.22 bits per heavy atom. The number of rotatable bonds is 8. The maximum atomic E-state index is 12.5. The minimum atomic E-state index is -0.525. The summed E-state index contributed by atoms with van der Waals surface area (Å²) < 4.78 is 16.2. The normalized spacial score (nSPS) is 10.8. The number of esters is 1. The van der Waals surface area contributed by atoms with E-state index in [1.165, 1.54) is 17.6 Å². The second-order valence-electron chi connectivity index (χ2n) is 6.63. The van der Waals surface area contributed by atoms with Gasteiger partial charge in [-0.1, -0.05) is 29.5 Å². The molecule has 3 aromatic heterocycles. The van der Waals surface area contributed by atoms with Crippen molar-refractivity contribution in [2.45, 2.75) is 19.1 Å². The molecule has 0 radical (unpaired) electrons. The molecule has 0 unspecified atom stereocenters. The Morgan fingerprint density at radius 3 is 2.84 bits per heavy atom. The molecule has 10 heteroatoms. The molecule has 1 aromatic carbocycles. The fourth-order valence-electron chi connectivity index (χ4n) is 2.92. The van der Waals surface area contributed by atoms with Crippen molar-refractivity contribution in [2.75, 3.05) is 17.7 Å². The maximum Gasteiger partial charge on any atom is 0.341 e. The minimum absolute atomic E-state index is 0.0334. The Labute approximate surface area is 192 Å². The molecule has 164 valence electrons. The van der Waals surface area contributed by atoms with Gasteiger partial charge in [-0.05, 0) is 38.1 Å². The zero-order valence-electron chi connectivity index (χ0n) is 17.3. The van der Waals surface area contributed by atoms with Crippen LogP contribution in [-0.2, 0) is 9.53 Å². The number of benzene rings is 1. The molecular weight excluding hydrogens is 450 g/mol. The van der Waals surface area contributed by atoms with Crippen LogP contribution >= 0.6 is 23.1 Å². The standard InChI is InChI=1S/C22H19N3O5S2/c1-3-28-21(27)18-15(16-8-5-9-29-16)11-31-20(18)23-17(26)12-32-22-25-24-19(30-22)14-7-4-6-13(2)10-14/h4-11H,3,12H2,1-2H3,(H,23,26). The first-order chi connectivity index (χ1) is 15.5. The van der Waals surface area contributed by atoms with Gasteiger partial charge < -0.3 is 18.9 Å². The Kier molecular flexibility index (Phi) is 6.72. The topological polar surface area (TPSA) is 107 Å². The Bertz CT molecular complexity index is 1230. The van der Waals surface area contributed by atoms with E-state index in [2.05, 4.69) is 15.5 Å². The van der Waals surface area contributed by atoms with E-state index in [1.807, 2.05) is 31.2 Å². The molecule has 32 heavy (non-hydrogen) atoms. The zero-order valence-corrected chi connectivity index (χ0v) is 18.9. The third-order valence-corrected chi connectivity index (χ3v) is 6.02. The second-order valence-corrected chi connectivity index (χ2v) is 8.44. The minimum Gasteiger partial charge on any atom is -0.464 e. The largest absolute Gasteiger partial charge is 0.464 e. The summed E-state index contributed by atoms with van der Waals surface area (Å²) in [6.07, 6.45) is 1.52. The van der Waals surface area contributed by atoms with E-state index in [0.29, 0.717) is 22.2 Å². The van der Waals surface area contributed by atoms with Gasteiger partial charge in [0.15, 0.2) is 0 Å². The Hall–Kier alpha value is -3.37. The van der Waals surface area contributed by atoms with Gasteiger partial charge in [-0.25, -0.2) is 4.79 Å². The van der Waals surface area contributed by atoms with Crippen LogP contribution in [0.5, 0.6) is 0 Å². The summed E-state index contributed by atoms with van der Waals surface area (Å²) in [4.78, 5) is 25.1. The summed E-state index contributed by atoms with van der Waals surface area (Å²) in [5, 5.41) is 13.2. The van der Waals surface area contributed by atoms with Crippen molar-refractivity contribution >= 4 is 40.0 Å². The monoisotopic (exact) mass is 469 g/mol. The zero-order chi connectivity index (χ0) is 22.5. The van der Waals surface area contributed by atoms with E-state index < -0.39 is 5.97 Å². The molecule has 8 nitrogen and oxygen atoms in total. The summed E-state index contributed by atoms with van der Waals surface area (Å²) in [7, 11) is 0. The van der Waals surface area contributed by atoms with Gasteiger partial charge in [-0.2, -0.15) is 0 Å². The molecule has 1 amide bonds. The molecule has 3 heterocycles. The number of nitrogens with zero attached hydrogens (tertiary/aromatic N) is 2. The van der Waals surface area contributed by atoms with E-state index >= 15 is 0 Å². The summed E-state index contributed by atoms with van der Waals surface area (Å²) >= 11 is 2.34. The fourth-order valence-corrected chi connectivity index (χ4v) is 4.44. The van der Waals surface area contributed by atoms with Crippen LogP contribution in [0.3, 0.4) is 0 Å². The molecule has 0 atom stereocenters. The van der Waals surface area contributed by atoms with E-state index in [9.17, 15) is 9.59 Å². The Morgan fingerprint density at radius 2 is 2.09 bits per heavy atom. The number of aryl methyl sites for hydroxylation is 1. The molecule has 0 saturated carbocycles. The fraction of sp³-hybridized carbons (Fsp3) is 0.182. The Balaban J connectivity index is 1.44. The number of nitrogens with one attached hydrogen (secondary N) is 1. The average molecular weight is 470 g/mol. The van der Waals surface area contributed by atoms with Crippen molar-refractivity contribution in [2.24, 2.45) is 0 Å². The summed E-state index contributed by atoms with van der Waals surface area (Å²) in [6, 6.07) is 11.2. The molecule has 0 spiro atoms. The predicted octanol–water partition coefficient (Wildman–Crippen LogP) is 5.27. The van der Waals surface area contributed by atoms with Gasteiger partial charge in [0.2, 0.25) is 11.8 Å².